The van der Waals surface area contributed by atoms with E-state index in [0.717, 1.165) is 41.8 Å². The molecule has 0 fully saturated rings. The van der Waals surface area contributed by atoms with Crippen LogP contribution in [-0.4, -0.2) is 21.6 Å². The first kappa shape index (κ1) is 29.2. The first-order valence-corrected chi connectivity index (χ1v) is 14.7. The van der Waals surface area contributed by atoms with Crippen LogP contribution in [0.1, 0.15) is 27.2 Å². The predicted octanol–water partition coefficient (Wildman–Crippen LogP) is 8.07. The quantitative estimate of drug-likeness (QED) is 0.0717. The number of non-ortho nitro benzene ring substituents is 1. The van der Waals surface area contributed by atoms with Crippen LogP contribution in [0.2, 0.25) is 0 Å². The highest BCUT2D eigenvalue weighted by Gasteiger charge is 2.12. The summed E-state index contributed by atoms with van der Waals surface area (Å²) in [5.41, 5.74) is 8.95. The Morgan fingerprint density at radius 2 is 1.74 bits per heavy atom. The summed E-state index contributed by atoms with van der Waals surface area (Å²) in [6, 6.07) is 31.7. The van der Waals surface area contributed by atoms with Crippen LogP contribution < -0.4 is 10.2 Å². The lowest BCUT2D eigenvalue weighted by Gasteiger charge is -2.13. The zero-order valence-corrected chi connectivity index (χ0v) is 26.1. The van der Waals surface area contributed by atoms with Gasteiger partial charge in [0.1, 0.15) is 12.4 Å². The molecule has 4 aromatic carbocycles. The monoisotopic (exact) mass is 734 g/mol. The summed E-state index contributed by atoms with van der Waals surface area (Å²) in [6.45, 7) is 2.31. The first-order valence-electron chi connectivity index (χ1n) is 12.8. The molecule has 0 bridgehead atoms. The van der Waals surface area contributed by atoms with Crippen molar-refractivity contribution in [2.75, 3.05) is 0 Å². The van der Waals surface area contributed by atoms with E-state index in [1.165, 1.54) is 12.1 Å². The number of aryl methyl sites for hydroxylation is 1. The van der Waals surface area contributed by atoms with E-state index in [9.17, 15) is 14.9 Å². The number of nitro benzene ring substituents is 1. The largest absolute Gasteiger partial charge is 0.487 e. The molecular weight excluding hydrogens is 711 g/mol. The number of ether oxygens (including phenoxy) is 1. The molecule has 1 amide bonds. The molecule has 1 N–H and O–H groups in total. The van der Waals surface area contributed by atoms with Gasteiger partial charge in [-0.1, -0.05) is 30.3 Å². The molecule has 0 saturated carbocycles. The van der Waals surface area contributed by atoms with Gasteiger partial charge in [0.15, 0.2) is 0 Å². The van der Waals surface area contributed by atoms with Gasteiger partial charge in [-0.3, -0.25) is 14.9 Å². The van der Waals surface area contributed by atoms with Gasteiger partial charge in [-0.05, 0) is 123 Å². The summed E-state index contributed by atoms with van der Waals surface area (Å²) in [5, 5.41) is 15.0. The summed E-state index contributed by atoms with van der Waals surface area (Å²) in [7, 11) is 0. The predicted molar refractivity (Wildman–Crippen MR) is 175 cm³/mol. The second kappa shape index (κ2) is 13.1. The number of aromatic nitrogens is 1. The summed E-state index contributed by atoms with van der Waals surface area (Å²) in [6.07, 6.45) is 1.56. The maximum Gasteiger partial charge on any atom is 0.271 e. The van der Waals surface area contributed by atoms with Gasteiger partial charge in [0.25, 0.3) is 11.6 Å². The molecule has 42 heavy (non-hydrogen) atoms. The number of nitrogens with one attached hydrogen (secondary N) is 1. The fraction of sp³-hybridized carbons (Fsp3) is 0.0625. The number of carbonyl (C=O) groups excluding carboxylic acids is 1. The molecule has 5 aromatic rings. The maximum atomic E-state index is 12.8. The van der Waals surface area contributed by atoms with Gasteiger partial charge in [0.2, 0.25) is 0 Å². The van der Waals surface area contributed by atoms with E-state index in [0.29, 0.717) is 11.3 Å². The highest BCUT2D eigenvalue weighted by molar-refractivity contribution is 14.1. The molecule has 8 nitrogen and oxygen atoms in total. The Bertz CT molecular complexity index is 1750. The fourth-order valence-corrected chi connectivity index (χ4v) is 6.14. The zero-order valence-electron chi connectivity index (χ0n) is 22.3. The number of halogens is 2. The van der Waals surface area contributed by atoms with E-state index in [4.69, 9.17) is 4.74 Å². The van der Waals surface area contributed by atoms with Crippen molar-refractivity contribution in [2.24, 2.45) is 5.10 Å². The van der Waals surface area contributed by atoms with Crippen molar-refractivity contribution in [1.82, 2.24) is 9.99 Å². The lowest BCUT2D eigenvalue weighted by Crippen LogP contribution is -2.17. The third-order valence-electron chi connectivity index (χ3n) is 6.46. The van der Waals surface area contributed by atoms with Gasteiger partial charge in [-0.15, -0.1) is 0 Å². The van der Waals surface area contributed by atoms with E-state index in [2.05, 4.69) is 84.8 Å². The van der Waals surface area contributed by atoms with Gasteiger partial charge in [0.05, 0.1) is 24.9 Å². The van der Waals surface area contributed by atoms with Crippen LogP contribution >= 0.6 is 38.5 Å². The average molecular weight is 735 g/mol. The number of rotatable bonds is 9. The Kier molecular flexibility index (Phi) is 9.13. The second-order valence-electron chi connectivity index (χ2n) is 9.33. The van der Waals surface area contributed by atoms with Crippen LogP contribution in [0, 0.1) is 20.6 Å². The van der Waals surface area contributed by atoms with Crippen molar-refractivity contribution in [3.63, 3.8) is 0 Å². The lowest BCUT2D eigenvalue weighted by atomic mass is 10.1. The van der Waals surface area contributed by atoms with E-state index < -0.39 is 4.92 Å². The van der Waals surface area contributed by atoms with Crippen molar-refractivity contribution < 1.29 is 14.5 Å². The van der Waals surface area contributed by atoms with Gasteiger partial charge in [-0.25, -0.2) is 5.43 Å². The van der Waals surface area contributed by atoms with Gasteiger partial charge >= 0.3 is 0 Å². The summed E-state index contributed by atoms with van der Waals surface area (Å²) >= 11 is 5.70. The number of nitrogens with zero attached hydrogens (tertiary/aromatic N) is 3. The Hall–Kier alpha value is -4.29. The Balaban J connectivity index is 1.21. The number of nitro groups is 1. The topological polar surface area (TPSA) is 98.8 Å². The number of hydrazone groups is 1. The van der Waals surface area contributed by atoms with E-state index in [1.807, 2.05) is 42.5 Å². The molecule has 0 aliphatic carbocycles. The van der Waals surface area contributed by atoms with Crippen molar-refractivity contribution in [3.05, 3.63) is 144 Å². The highest BCUT2D eigenvalue weighted by Crippen LogP contribution is 2.32. The van der Waals surface area contributed by atoms with Gasteiger partial charge in [-0.2, -0.15) is 5.10 Å². The molecule has 0 unspecified atom stereocenters. The molecule has 1 aromatic heterocycles. The average Bonchev–Trinajstić information content (AvgIpc) is 3.38. The Morgan fingerprint density at radius 1 is 1.02 bits per heavy atom. The molecule has 0 aliphatic heterocycles. The molecule has 210 valence electrons. The maximum absolute atomic E-state index is 12.8. The van der Waals surface area contributed by atoms with Crippen molar-refractivity contribution in [3.8, 4) is 22.7 Å². The number of amides is 1. The summed E-state index contributed by atoms with van der Waals surface area (Å²) in [4.78, 5) is 23.2. The number of hydrogen-bond acceptors (Lipinski definition) is 5. The zero-order chi connectivity index (χ0) is 29.6. The summed E-state index contributed by atoms with van der Waals surface area (Å²) < 4.78 is 9.66. The van der Waals surface area contributed by atoms with Crippen LogP contribution in [0.15, 0.2) is 113 Å². The molecular formula is C32H24BrIN4O4. The number of carbonyl (C=O) groups is 1. The standard InChI is InChI=1S/C32H24BrIN4O4/c1-21-7-16-30(24-5-3-2-4-6-24)37(21)26-14-10-25(11-15-26)32(39)36-35-19-23-17-28(33)31(29(34)18-23)42-20-22-8-12-27(13-9-22)38(40)41/h2-19H,20H2,1H3,(H,36,39)/b35-19+. The molecule has 5 rings (SSSR count). The van der Waals surface area contributed by atoms with Gasteiger partial charge < -0.3 is 9.30 Å². The SMILES string of the molecule is Cc1ccc(-c2ccccc2)n1-c1ccc(C(=O)N/N=C/c2cc(Br)c(OCc3ccc([N+](=O)[O-])cc3)c(I)c2)cc1. The van der Waals surface area contributed by atoms with Gasteiger partial charge in [0, 0.05) is 29.1 Å². The van der Waals surface area contributed by atoms with Crippen LogP contribution in [0.5, 0.6) is 5.75 Å². The minimum absolute atomic E-state index is 0.0340. The normalized spacial score (nSPS) is 11.0. The lowest BCUT2D eigenvalue weighted by molar-refractivity contribution is -0.384. The molecule has 0 aliphatic rings. The summed E-state index contributed by atoms with van der Waals surface area (Å²) in [5.74, 6) is 0.325. The van der Waals surface area contributed by atoms with Crippen molar-refractivity contribution in [2.45, 2.75) is 13.5 Å². The molecule has 0 radical (unpaired) electrons. The number of hydrogen-bond donors (Lipinski definition) is 1. The minimum Gasteiger partial charge on any atom is -0.487 e. The van der Waals surface area contributed by atoms with Crippen LogP contribution in [0.25, 0.3) is 16.9 Å². The highest BCUT2D eigenvalue weighted by atomic mass is 127. The van der Waals surface area contributed by atoms with Crippen LogP contribution in [-0.2, 0) is 6.61 Å². The molecule has 0 spiro atoms. The van der Waals surface area contributed by atoms with Crippen LogP contribution in [0.4, 0.5) is 5.69 Å². The molecule has 0 saturated heterocycles. The fourth-order valence-electron chi connectivity index (χ4n) is 4.37. The number of benzene rings is 4. The second-order valence-corrected chi connectivity index (χ2v) is 11.3. The first-order chi connectivity index (χ1) is 20.3. The van der Waals surface area contributed by atoms with E-state index in [-0.39, 0.29) is 18.2 Å². The van der Waals surface area contributed by atoms with E-state index in [1.54, 1.807) is 30.5 Å². The Morgan fingerprint density at radius 3 is 2.40 bits per heavy atom. The Labute approximate surface area is 264 Å². The molecule has 1 heterocycles. The van der Waals surface area contributed by atoms with Crippen molar-refractivity contribution in [1.29, 1.82) is 0 Å². The van der Waals surface area contributed by atoms with E-state index >= 15 is 0 Å². The third-order valence-corrected chi connectivity index (χ3v) is 7.85. The third kappa shape index (κ3) is 6.77. The van der Waals surface area contributed by atoms with Crippen LogP contribution in [0.3, 0.4) is 0 Å². The smallest absolute Gasteiger partial charge is 0.271 e. The van der Waals surface area contributed by atoms with Crippen molar-refractivity contribution >= 4 is 56.3 Å². The molecule has 10 heteroatoms. The molecule has 0 atom stereocenters. The minimum atomic E-state index is -0.435.